The van der Waals surface area contributed by atoms with E-state index in [-0.39, 0.29) is 5.63 Å². The van der Waals surface area contributed by atoms with Gasteiger partial charge in [-0.3, -0.25) is 0 Å². The summed E-state index contributed by atoms with van der Waals surface area (Å²) in [5.74, 6) is 0. The Balaban J connectivity index is 2.18. The van der Waals surface area contributed by atoms with Gasteiger partial charge in [0.05, 0.1) is 5.39 Å². The van der Waals surface area contributed by atoms with E-state index in [2.05, 4.69) is 13.0 Å². The molecule has 0 unspecified atom stereocenters. The van der Waals surface area contributed by atoms with E-state index in [1.54, 1.807) is 0 Å². The molecule has 4 aromatic rings. The molecular formula is C21H16O2. The van der Waals surface area contributed by atoms with Crippen molar-refractivity contribution in [1.29, 1.82) is 0 Å². The minimum Gasteiger partial charge on any atom is -0.422 e. The van der Waals surface area contributed by atoms with E-state index in [1.165, 1.54) is 5.56 Å². The molecule has 0 spiro atoms. The van der Waals surface area contributed by atoms with Gasteiger partial charge >= 0.3 is 5.63 Å². The Bertz CT molecular complexity index is 1090. The van der Waals surface area contributed by atoms with Gasteiger partial charge in [0, 0.05) is 16.3 Å². The number of rotatable bonds is 1. The van der Waals surface area contributed by atoms with Crippen molar-refractivity contribution in [3.63, 3.8) is 0 Å². The maximum atomic E-state index is 12.5. The van der Waals surface area contributed by atoms with E-state index >= 15 is 0 Å². The smallest absolute Gasteiger partial charge is 0.344 e. The topological polar surface area (TPSA) is 30.2 Å². The summed E-state index contributed by atoms with van der Waals surface area (Å²) in [7, 11) is 0. The van der Waals surface area contributed by atoms with Crippen LogP contribution in [0.2, 0.25) is 0 Å². The molecular weight excluding hydrogens is 284 g/mol. The zero-order valence-corrected chi connectivity index (χ0v) is 13.1. The third-order valence-electron chi connectivity index (χ3n) is 4.44. The SMILES string of the molecule is Cc1cc2c(=O)oc3c(-c4ccccc4)cccc3c2cc1C. The monoisotopic (exact) mass is 300 g/mol. The van der Waals surface area contributed by atoms with Gasteiger partial charge in [0.2, 0.25) is 0 Å². The lowest BCUT2D eigenvalue weighted by Crippen LogP contribution is -2.01. The Morgan fingerprint density at radius 2 is 1.43 bits per heavy atom. The molecule has 0 aliphatic rings. The van der Waals surface area contributed by atoms with E-state index in [0.717, 1.165) is 27.5 Å². The van der Waals surface area contributed by atoms with Crippen LogP contribution in [-0.4, -0.2) is 0 Å². The first kappa shape index (κ1) is 13.8. The van der Waals surface area contributed by atoms with Crippen LogP contribution >= 0.6 is 0 Å². The average Bonchev–Trinajstić information content (AvgIpc) is 2.57. The third-order valence-corrected chi connectivity index (χ3v) is 4.44. The van der Waals surface area contributed by atoms with Crippen molar-refractivity contribution in [3.05, 3.63) is 82.2 Å². The van der Waals surface area contributed by atoms with Gasteiger partial charge < -0.3 is 4.42 Å². The lowest BCUT2D eigenvalue weighted by atomic mass is 9.98. The number of benzene rings is 3. The first-order valence-corrected chi connectivity index (χ1v) is 7.67. The molecule has 112 valence electrons. The number of fused-ring (bicyclic) bond motifs is 3. The lowest BCUT2D eigenvalue weighted by Gasteiger charge is -2.09. The van der Waals surface area contributed by atoms with Crippen LogP contribution in [0.5, 0.6) is 0 Å². The van der Waals surface area contributed by atoms with Gasteiger partial charge in [-0.15, -0.1) is 0 Å². The first-order valence-electron chi connectivity index (χ1n) is 7.67. The van der Waals surface area contributed by atoms with Crippen LogP contribution in [0.25, 0.3) is 32.9 Å². The largest absolute Gasteiger partial charge is 0.422 e. The van der Waals surface area contributed by atoms with Gasteiger partial charge in [0.25, 0.3) is 0 Å². The van der Waals surface area contributed by atoms with Crippen LogP contribution in [0.15, 0.2) is 69.9 Å². The van der Waals surface area contributed by atoms with E-state index in [1.807, 2.05) is 61.5 Å². The van der Waals surface area contributed by atoms with Crippen LogP contribution in [0.4, 0.5) is 0 Å². The van der Waals surface area contributed by atoms with E-state index in [0.29, 0.717) is 11.0 Å². The fraction of sp³-hybridized carbons (Fsp3) is 0.0952. The standard InChI is InChI=1S/C21H16O2/c1-13-11-18-17-10-6-9-16(15-7-4-3-5-8-15)20(17)23-21(22)19(18)12-14(13)2/h3-12H,1-2H3. The zero-order valence-electron chi connectivity index (χ0n) is 13.1. The normalized spacial score (nSPS) is 11.2. The molecule has 0 fully saturated rings. The predicted molar refractivity (Wildman–Crippen MR) is 94.9 cm³/mol. The summed E-state index contributed by atoms with van der Waals surface area (Å²) in [5.41, 5.74) is 4.64. The van der Waals surface area contributed by atoms with Crippen molar-refractivity contribution < 1.29 is 4.42 Å². The van der Waals surface area contributed by atoms with Gasteiger partial charge in [-0.1, -0.05) is 54.6 Å². The van der Waals surface area contributed by atoms with E-state index < -0.39 is 0 Å². The molecule has 0 amide bonds. The summed E-state index contributed by atoms with van der Waals surface area (Å²) in [4.78, 5) is 12.5. The molecule has 1 aromatic heterocycles. The maximum absolute atomic E-state index is 12.5. The second-order valence-corrected chi connectivity index (χ2v) is 5.92. The van der Waals surface area contributed by atoms with Gasteiger partial charge in [0.1, 0.15) is 5.58 Å². The maximum Gasteiger partial charge on any atom is 0.344 e. The molecule has 0 bridgehead atoms. The van der Waals surface area contributed by atoms with Gasteiger partial charge in [0.15, 0.2) is 0 Å². The number of hydrogen-bond donors (Lipinski definition) is 0. The zero-order chi connectivity index (χ0) is 16.0. The number of para-hydroxylation sites is 1. The highest BCUT2D eigenvalue weighted by Gasteiger charge is 2.12. The fourth-order valence-corrected chi connectivity index (χ4v) is 3.06. The van der Waals surface area contributed by atoms with Gasteiger partial charge in [-0.25, -0.2) is 4.79 Å². The quantitative estimate of drug-likeness (QED) is 0.356. The molecule has 0 aliphatic carbocycles. The van der Waals surface area contributed by atoms with Gasteiger partial charge in [-0.2, -0.15) is 0 Å². The van der Waals surface area contributed by atoms with Crippen molar-refractivity contribution >= 4 is 21.7 Å². The van der Waals surface area contributed by atoms with Crippen molar-refractivity contribution in [2.24, 2.45) is 0 Å². The van der Waals surface area contributed by atoms with Crippen LogP contribution < -0.4 is 5.63 Å². The molecule has 23 heavy (non-hydrogen) atoms. The molecule has 0 radical (unpaired) electrons. The molecule has 3 aromatic carbocycles. The fourth-order valence-electron chi connectivity index (χ4n) is 3.06. The third kappa shape index (κ3) is 2.15. The molecule has 0 atom stereocenters. The summed E-state index contributed by atoms with van der Waals surface area (Å²) < 4.78 is 5.70. The summed E-state index contributed by atoms with van der Waals surface area (Å²) in [6.07, 6.45) is 0. The molecule has 0 saturated carbocycles. The Labute approximate surface area is 134 Å². The van der Waals surface area contributed by atoms with E-state index in [4.69, 9.17) is 4.42 Å². The summed E-state index contributed by atoms with van der Waals surface area (Å²) in [6.45, 7) is 4.08. The highest BCUT2D eigenvalue weighted by Crippen LogP contribution is 2.32. The second kappa shape index (κ2) is 5.10. The molecule has 1 heterocycles. The highest BCUT2D eigenvalue weighted by molar-refractivity contribution is 6.08. The Morgan fingerprint density at radius 1 is 0.739 bits per heavy atom. The predicted octanol–water partition coefficient (Wildman–Crippen LogP) is 5.23. The van der Waals surface area contributed by atoms with Crippen molar-refractivity contribution in [3.8, 4) is 11.1 Å². The molecule has 0 N–H and O–H groups in total. The average molecular weight is 300 g/mol. The number of aryl methyl sites for hydroxylation is 2. The first-order chi connectivity index (χ1) is 11.1. The summed E-state index contributed by atoms with van der Waals surface area (Å²) in [6, 6.07) is 20.0. The van der Waals surface area contributed by atoms with Crippen molar-refractivity contribution in [2.45, 2.75) is 13.8 Å². The Morgan fingerprint density at radius 3 is 2.17 bits per heavy atom. The highest BCUT2D eigenvalue weighted by atomic mass is 16.4. The minimum atomic E-state index is -0.279. The molecule has 2 heteroatoms. The molecule has 4 rings (SSSR count). The number of hydrogen-bond acceptors (Lipinski definition) is 2. The van der Waals surface area contributed by atoms with Crippen LogP contribution in [-0.2, 0) is 0 Å². The van der Waals surface area contributed by atoms with Crippen LogP contribution in [0, 0.1) is 13.8 Å². The Kier molecular flexibility index (Phi) is 3.05. The minimum absolute atomic E-state index is 0.279. The van der Waals surface area contributed by atoms with Crippen LogP contribution in [0.1, 0.15) is 11.1 Å². The van der Waals surface area contributed by atoms with Crippen molar-refractivity contribution in [2.75, 3.05) is 0 Å². The molecule has 0 aliphatic heterocycles. The lowest BCUT2D eigenvalue weighted by molar-refractivity contribution is 0.570. The molecule has 2 nitrogen and oxygen atoms in total. The Hall–Kier alpha value is -2.87. The van der Waals surface area contributed by atoms with Crippen LogP contribution in [0.3, 0.4) is 0 Å². The van der Waals surface area contributed by atoms with E-state index in [9.17, 15) is 4.79 Å². The summed E-state index contributed by atoms with van der Waals surface area (Å²) >= 11 is 0. The van der Waals surface area contributed by atoms with Crippen molar-refractivity contribution in [1.82, 2.24) is 0 Å². The second-order valence-electron chi connectivity index (χ2n) is 5.92. The molecule has 0 saturated heterocycles. The van der Waals surface area contributed by atoms with Gasteiger partial charge in [-0.05, 0) is 36.6 Å². The summed E-state index contributed by atoms with van der Waals surface area (Å²) in [5, 5.41) is 2.58.